The molecule has 0 aliphatic heterocycles. The second-order valence-electron chi connectivity index (χ2n) is 5.59. The van der Waals surface area contributed by atoms with E-state index in [1.807, 2.05) is 0 Å². The van der Waals surface area contributed by atoms with E-state index < -0.39 is 22.0 Å². The quantitative estimate of drug-likeness (QED) is 0.832. The first kappa shape index (κ1) is 19.2. The van der Waals surface area contributed by atoms with Gasteiger partial charge in [-0.15, -0.1) is 0 Å². The molecule has 1 atom stereocenters. The van der Waals surface area contributed by atoms with Crippen LogP contribution >= 0.6 is 11.6 Å². The molecular formula is C17H18ClFN2O3S. The number of rotatable bonds is 6. The topological polar surface area (TPSA) is 66.5 Å². The van der Waals surface area contributed by atoms with E-state index in [1.54, 1.807) is 37.3 Å². The predicted octanol–water partition coefficient (Wildman–Crippen LogP) is 3.12. The van der Waals surface area contributed by atoms with E-state index in [9.17, 15) is 17.6 Å². The molecular weight excluding hydrogens is 367 g/mol. The highest BCUT2D eigenvalue weighted by atomic mass is 35.5. The third-order valence-corrected chi connectivity index (χ3v) is 4.91. The second-order valence-corrected chi connectivity index (χ2v) is 7.93. The van der Waals surface area contributed by atoms with E-state index in [1.165, 1.54) is 18.2 Å². The molecule has 0 spiro atoms. The lowest BCUT2D eigenvalue weighted by Crippen LogP contribution is -2.41. The Morgan fingerprint density at radius 1 is 1.24 bits per heavy atom. The zero-order valence-corrected chi connectivity index (χ0v) is 15.3. The minimum Gasteiger partial charge on any atom is -0.348 e. The summed E-state index contributed by atoms with van der Waals surface area (Å²) in [6.07, 6.45) is 1.02. The molecule has 0 aliphatic carbocycles. The molecule has 2 aromatic carbocycles. The lowest BCUT2D eigenvalue weighted by Gasteiger charge is -2.23. The summed E-state index contributed by atoms with van der Waals surface area (Å²) in [7, 11) is -3.67. The lowest BCUT2D eigenvalue weighted by atomic mass is 10.1. The average molecular weight is 385 g/mol. The Morgan fingerprint density at radius 3 is 2.44 bits per heavy atom. The fraction of sp³-hybridized carbons (Fsp3) is 0.235. The highest BCUT2D eigenvalue weighted by Crippen LogP contribution is 2.22. The molecule has 134 valence electrons. The molecule has 25 heavy (non-hydrogen) atoms. The molecule has 0 saturated carbocycles. The molecule has 5 nitrogen and oxygen atoms in total. The monoisotopic (exact) mass is 384 g/mol. The first-order valence-electron chi connectivity index (χ1n) is 7.45. The number of hydrogen-bond acceptors (Lipinski definition) is 3. The Morgan fingerprint density at radius 2 is 1.88 bits per heavy atom. The largest absolute Gasteiger partial charge is 0.348 e. The Bertz CT molecular complexity index is 856. The van der Waals surface area contributed by atoms with Crippen LogP contribution in [0.2, 0.25) is 5.02 Å². The van der Waals surface area contributed by atoms with Crippen LogP contribution < -0.4 is 9.62 Å². The van der Waals surface area contributed by atoms with Gasteiger partial charge in [0.1, 0.15) is 12.4 Å². The first-order chi connectivity index (χ1) is 11.7. The van der Waals surface area contributed by atoms with Crippen molar-refractivity contribution in [1.29, 1.82) is 0 Å². The molecule has 1 amide bonds. The van der Waals surface area contributed by atoms with Gasteiger partial charge in [-0.1, -0.05) is 29.8 Å². The fourth-order valence-electron chi connectivity index (χ4n) is 2.28. The van der Waals surface area contributed by atoms with Crippen LogP contribution in [-0.2, 0) is 14.8 Å². The van der Waals surface area contributed by atoms with Crippen molar-refractivity contribution in [2.75, 3.05) is 17.1 Å². The number of nitrogens with zero attached hydrogens (tertiary/aromatic N) is 1. The molecule has 0 aromatic heterocycles. The highest BCUT2D eigenvalue weighted by Gasteiger charge is 2.22. The SMILES string of the molecule is C[C@@H](NC(=O)CN(c1cccc(Cl)c1)S(C)(=O)=O)c1ccc(F)cc1. The van der Waals surface area contributed by atoms with E-state index in [-0.39, 0.29) is 12.4 Å². The molecule has 2 aromatic rings. The van der Waals surface area contributed by atoms with Gasteiger partial charge in [0.15, 0.2) is 0 Å². The van der Waals surface area contributed by atoms with Crippen LogP contribution in [0.15, 0.2) is 48.5 Å². The summed E-state index contributed by atoms with van der Waals surface area (Å²) in [6.45, 7) is 1.35. The summed E-state index contributed by atoms with van der Waals surface area (Å²) >= 11 is 5.90. The van der Waals surface area contributed by atoms with Gasteiger partial charge >= 0.3 is 0 Å². The first-order valence-corrected chi connectivity index (χ1v) is 9.67. The Hall–Kier alpha value is -2.12. The average Bonchev–Trinajstić information content (AvgIpc) is 2.52. The van der Waals surface area contributed by atoms with Crippen LogP contribution in [0.4, 0.5) is 10.1 Å². The van der Waals surface area contributed by atoms with Gasteiger partial charge in [-0.25, -0.2) is 12.8 Å². The summed E-state index contributed by atoms with van der Waals surface area (Å²) in [5.74, 6) is -0.853. The summed E-state index contributed by atoms with van der Waals surface area (Å²) in [5.41, 5.74) is 1.02. The second kappa shape index (κ2) is 7.84. The molecule has 0 bridgehead atoms. The Balaban J connectivity index is 2.13. The standard InChI is InChI=1S/C17H18ClFN2O3S/c1-12(13-6-8-15(19)9-7-13)20-17(22)11-21(25(2,23)24)16-5-3-4-14(18)10-16/h3-10,12H,11H2,1-2H3,(H,20,22)/t12-/m1/s1. The number of halogens is 2. The van der Waals surface area contributed by atoms with Crippen LogP contribution in [0, 0.1) is 5.82 Å². The fourth-order valence-corrected chi connectivity index (χ4v) is 3.32. The molecule has 2 rings (SSSR count). The van der Waals surface area contributed by atoms with E-state index in [2.05, 4.69) is 5.32 Å². The molecule has 8 heteroatoms. The molecule has 1 N–H and O–H groups in total. The molecule has 0 saturated heterocycles. The molecule has 0 aliphatic rings. The normalized spacial score (nSPS) is 12.5. The highest BCUT2D eigenvalue weighted by molar-refractivity contribution is 7.92. The van der Waals surface area contributed by atoms with E-state index in [0.29, 0.717) is 16.3 Å². The Labute approximate surface area is 151 Å². The van der Waals surface area contributed by atoms with Crippen molar-refractivity contribution in [2.45, 2.75) is 13.0 Å². The zero-order valence-electron chi connectivity index (χ0n) is 13.7. The third kappa shape index (κ3) is 5.44. The van der Waals surface area contributed by atoms with Crippen LogP contribution in [0.25, 0.3) is 0 Å². The summed E-state index contributed by atoms with van der Waals surface area (Å²) in [4.78, 5) is 12.3. The van der Waals surface area contributed by atoms with Crippen molar-refractivity contribution < 1.29 is 17.6 Å². The molecule has 0 radical (unpaired) electrons. The van der Waals surface area contributed by atoms with Crippen molar-refractivity contribution in [3.05, 3.63) is 64.9 Å². The predicted molar refractivity (Wildman–Crippen MR) is 96.6 cm³/mol. The van der Waals surface area contributed by atoms with Gasteiger partial charge in [-0.05, 0) is 42.8 Å². The van der Waals surface area contributed by atoms with Gasteiger partial charge < -0.3 is 5.32 Å². The van der Waals surface area contributed by atoms with Gasteiger partial charge in [0.25, 0.3) is 0 Å². The minimum atomic E-state index is -3.67. The summed E-state index contributed by atoms with van der Waals surface area (Å²) in [6, 6.07) is 11.6. The number of benzene rings is 2. The third-order valence-electron chi connectivity index (χ3n) is 3.53. The van der Waals surface area contributed by atoms with Gasteiger partial charge in [0.05, 0.1) is 18.0 Å². The summed E-state index contributed by atoms with van der Waals surface area (Å²) < 4.78 is 38.0. The van der Waals surface area contributed by atoms with Crippen LogP contribution in [-0.4, -0.2) is 27.1 Å². The van der Waals surface area contributed by atoms with Crippen LogP contribution in [0.1, 0.15) is 18.5 Å². The number of anilines is 1. The van der Waals surface area contributed by atoms with E-state index in [4.69, 9.17) is 11.6 Å². The van der Waals surface area contributed by atoms with Gasteiger partial charge in [-0.2, -0.15) is 0 Å². The summed E-state index contributed by atoms with van der Waals surface area (Å²) in [5, 5.41) is 3.07. The van der Waals surface area contributed by atoms with Crippen molar-refractivity contribution in [1.82, 2.24) is 5.32 Å². The molecule has 0 heterocycles. The number of sulfonamides is 1. The number of nitrogens with one attached hydrogen (secondary N) is 1. The van der Waals surface area contributed by atoms with Crippen LogP contribution in [0.5, 0.6) is 0 Å². The Kier molecular flexibility index (Phi) is 6.02. The van der Waals surface area contributed by atoms with Crippen molar-refractivity contribution >= 4 is 33.2 Å². The van der Waals surface area contributed by atoms with Crippen LogP contribution in [0.3, 0.4) is 0 Å². The maximum absolute atomic E-state index is 13.0. The smallest absolute Gasteiger partial charge is 0.241 e. The lowest BCUT2D eigenvalue weighted by molar-refractivity contribution is -0.120. The van der Waals surface area contributed by atoms with E-state index >= 15 is 0 Å². The van der Waals surface area contributed by atoms with Gasteiger partial charge in [0.2, 0.25) is 15.9 Å². The maximum Gasteiger partial charge on any atom is 0.241 e. The van der Waals surface area contributed by atoms with Crippen molar-refractivity contribution in [2.24, 2.45) is 0 Å². The van der Waals surface area contributed by atoms with Gasteiger partial charge in [-0.3, -0.25) is 9.10 Å². The number of amides is 1. The van der Waals surface area contributed by atoms with E-state index in [0.717, 1.165) is 10.6 Å². The van der Waals surface area contributed by atoms with Crippen molar-refractivity contribution in [3.63, 3.8) is 0 Å². The number of hydrogen-bond donors (Lipinski definition) is 1. The minimum absolute atomic E-state index is 0.305. The molecule has 0 unspecified atom stereocenters. The maximum atomic E-state index is 13.0. The van der Waals surface area contributed by atoms with Crippen molar-refractivity contribution in [3.8, 4) is 0 Å². The van der Waals surface area contributed by atoms with Gasteiger partial charge in [0, 0.05) is 5.02 Å². The molecule has 0 fully saturated rings. The number of carbonyl (C=O) groups is 1. The number of carbonyl (C=O) groups excluding carboxylic acids is 1. The zero-order chi connectivity index (χ0) is 18.6.